The molecule has 2 rings (SSSR count). The number of nitrogens with zero attached hydrogens (tertiary/aromatic N) is 1. The van der Waals surface area contributed by atoms with E-state index in [0.717, 1.165) is 30.2 Å². The van der Waals surface area contributed by atoms with Crippen molar-refractivity contribution in [2.45, 2.75) is 32.3 Å². The molecule has 1 aromatic heterocycles. The predicted octanol–water partition coefficient (Wildman–Crippen LogP) is 1.74. The number of rotatable bonds is 3. The summed E-state index contributed by atoms with van der Waals surface area (Å²) in [4.78, 5) is 15.9. The summed E-state index contributed by atoms with van der Waals surface area (Å²) in [5.74, 6) is 0.178. The molecule has 1 fully saturated rings. The van der Waals surface area contributed by atoms with Gasteiger partial charge in [0.25, 0.3) is 0 Å². The average Bonchev–Trinajstić information content (AvgIpc) is 2.75. The zero-order valence-corrected chi connectivity index (χ0v) is 8.97. The monoisotopic (exact) mass is 211 g/mol. The molecule has 76 valence electrons. The molecule has 3 nitrogen and oxygen atoms in total. The van der Waals surface area contributed by atoms with Gasteiger partial charge in [0.05, 0.1) is 6.42 Å². The minimum absolute atomic E-state index is 0.167. The first-order valence-electron chi connectivity index (χ1n) is 4.81. The lowest BCUT2D eigenvalue weighted by Crippen LogP contribution is -2.21. The summed E-state index contributed by atoms with van der Waals surface area (Å²) in [7, 11) is 0. The Balaban J connectivity index is 1.93. The highest BCUT2D eigenvalue weighted by Gasteiger charge is 2.23. The van der Waals surface area contributed by atoms with Crippen LogP contribution in [0.3, 0.4) is 0 Å². The lowest BCUT2D eigenvalue weighted by atomic mass is 10.1. The molecule has 0 N–H and O–H groups in total. The summed E-state index contributed by atoms with van der Waals surface area (Å²) < 4.78 is 5.32. The molecule has 0 aliphatic carbocycles. The van der Waals surface area contributed by atoms with Crippen LogP contribution in [0.15, 0.2) is 5.38 Å². The molecule has 4 heteroatoms. The van der Waals surface area contributed by atoms with Crippen LogP contribution in [0.2, 0.25) is 0 Å². The molecule has 0 spiro atoms. The largest absolute Gasteiger partial charge is 0.370 e. The fourth-order valence-corrected chi connectivity index (χ4v) is 2.36. The van der Waals surface area contributed by atoms with Crippen LogP contribution in [0.4, 0.5) is 0 Å². The molecule has 0 saturated carbocycles. The number of Topliss-reactive ketones (excluding diaryl/α,β-unsaturated/α-hetero) is 1. The highest BCUT2D eigenvalue weighted by molar-refractivity contribution is 7.09. The van der Waals surface area contributed by atoms with Gasteiger partial charge in [-0.15, -0.1) is 11.3 Å². The zero-order valence-electron chi connectivity index (χ0n) is 8.16. The maximum absolute atomic E-state index is 11.7. The van der Waals surface area contributed by atoms with Crippen LogP contribution >= 0.6 is 11.3 Å². The van der Waals surface area contributed by atoms with Crippen molar-refractivity contribution in [2.75, 3.05) is 6.61 Å². The smallest absolute Gasteiger partial charge is 0.168 e. The van der Waals surface area contributed by atoms with E-state index in [1.165, 1.54) is 0 Å². The van der Waals surface area contributed by atoms with E-state index in [1.807, 2.05) is 12.3 Å². The first kappa shape index (κ1) is 9.80. The molecule has 1 aromatic rings. The fourth-order valence-electron chi connectivity index (χ4n) is 1.58. The Bertz CT molecular complexity index is 329. The van der Waals surface area contributed by atoms with Gasteiger partial charge in [-0.05, 0) is 19.8 Å². The summed E-state index contributed by atoms with van der Waals surface area (Å²) >= 11 is 1.55. The molecule has 1 atom stereocenters. The van der Waals surface area contributed by atoms with Gasteiger partial charge in [0.15, 0.2) is 5.78 Å². The zero-order chi connectivity index (χ0) is 9.97. The van der Waals surface area contributed by atoms with Crippen molar-refractivity contribution < 1.29 is 9.53 Å². The predicted molar refractivity (Wildman–Crippen MR) is 54.5 cm³/mol. The number of hydrogen-bond acceptors (Lipinski definition) is 4. The van der Waals surface area contributed by atoms with Crippen molar-refractivity contribution in [3.8, 4) is 0 Å². The van der Waals surface area contributed by atoms with Gasteiger partial charge in [-0.1, -0.05) is 0 Å². The van der Waals surface area contributed by atoms with E-state index < -0.39 is 0 Å². The minimum Gasteiger partial charge on any atom is -0.370 e. The normalized spacial score (nSPS) is 21.4. The van der Waals surface area contributed by atoms with E-state index in [1.54, 1.807) is 11.3 Å². The SMILES string of the molecule is Cc1csc(CC(=O)C2CCCO2)n1. The molecule has 2 heterocycles. The van der Waals surface area contributed by atoms with Crippen molar-refractivity contribution in [3.63, 3.8) is 0 Å². The van der Waals surface area contributed by atoms with Crippen molar-refractivity contribution in [1.82, 2.24) is 4.98 Å². The second-order valence-corrected chi connectivity index (χ2v) is 4.47. The van der Waals surface area contributed by atoms with E-state index in [0.29, 0.717) is 6.42 Å². The van der Waals surface area contributed by atoms with E-state index in [9.17, 15) is 4.79 Å². The van der Waals surface area contributed by atoms with Gasteiger partial charge in [-0.3, -0.25) is 4.79 Å². The van der Waals surface area contributed by atoms with Gasteiger partial charge < -0.3 is 4.74 Å². The van der Waals surface area contributed by atoms with E-state index in [2.05, 4.69) is 4.98 Å². The van der Waals surface area contributed by atoms with Crippen molar-refractivity contribution in [1.29, 1.82) is 0 Å². The molecule has 0 radical (unpaired) electrons. The van der Waals surface area contributed by atoms with Gasteiger partial charge >= 0.3 is 0 Å². The number of ether oxygens (including phenoxy) is 1. The van der Waals surface area contributed by atoms with Gasteiger partial charge in [0.1, 0.15) is 11.1 Å². The van der Waals surface area contributed by atoms with E-state index >= 15 is 0 Å². The van der Waals surface area contributed by atoms with Gasteiger partial charge in [-0.2, -0.15) is 0 Å². The third kappa shape index (κ3) is 2.19. The van der Waals surface area contributed by atoms with Crippen molar-refractivity contribution in [3.05, 3.63) is 16.1 Å². The molecule has 0 aromatic carbocycles. The molecule has 0 amide bonds. The van der Waals surface area contributed by atoms with Crippen molar-refractivity contribution >= 4 is 17.1 Å². The van der Waals surface area contributed by atoms with Crippen LogP contribution in [0.25, 0.3) is 0 Å². The van der Waals surface area contributed by atoms with Crippen LogP contribution in [-0.4, -0.2) is 23.5 Å². The number of aryl methyl sites for hydroxylation is 1. The number of aromatic nitrogens is 1. The van der Waals surface area contributed by atoms with Crippen molar-refractivity contribution in [2.24, 2.45) is 0 Å². The van der Waals surface area contributed by atoms with Gasteiger partial charge in [0, 0.05) is 17.7 Å². The minimum atomic E-state index is -0.167. The standard InChI is InChI=1S/C10H13NO2S/c1-7-6-14-10(11-7)5-8(12)9-3-2-4-13-9/h6,9H,2-5H2,1H3. The van der Waals surface area contributed by atoms with E-state index in [-0.39, 0.29) is 11.9 Å². The molecular weight excluding hydrogens is 198 g/mol. The first-order chi connectivity index (χ1) is 6.75. The Hall–Kier alpha value is -0.740. The highest BCUT2D eigenvalue weighted by Crippen LogP contribution is 2.16. The summed E-state index contributed by atoms with van der Waals surface area (Å²) in [6.45, 7) is 2.67. The molecular formula is C10H13NO2S. The highest BCUT2D eigenvalue weighted by atomic mass is 32.1. The number of hydrogen-bond donors (Lipinski definition) is 0. The number of carbonyl (C=O) groups excluding carboxylic acids is 1. The Kier molecular flexibility index (Phi) is 2.93. The second-order valence-electron chi connectivity index (χ2n) is 3.53. The Morgan fingerprint density at radius 2 is 2.64 bits per heavy atom. The lowest BCUT2D eigenvalue weighted by molar-refractivity contribution is -0.127. The van der Waals surface area contributed by atoms with Crippen LogP contribution in [0.5, 0.6) is 0 Å². The summed E-state index contributed by atoms with van der Waals surface area (Å²) in [6.07, 6.45) is 2.15. The van der Waals surface area contributed by atoms with Gasteiger partial charge in [-0.25, -0.2) is 4.98 Å². The Labute approximate surface area is 87.1 Å². The molecule has 1 unspecified atom stereocenters. The summed E-state index contributed by atoms with van der Waals surface area (Å²) in [5.41, 5.74) is 0.991. The molecule has 1 aliphatic rings. The number of carbonyl (C=O) groups is 1. The van der Waals surface area contributed by atoms with Crippen LogP contribution in [0.1, 0.15) is 23.5 Å². The average molecular weight is 211 g/mol. The quantitative estimate of drug-likeness (QED) is 0.764. The number of ketones is 1. The third-order valence-electron chi connectivity index (χ3n) is 2.28. The van der Waals surface area contributed by atoms with Crippen LogP contribution < -0.4 is 0 Å². The Morgan fingerprint density at radius 1 is 1.79 bits per heavy atom. The summed E-state index contributed by atoms with van der Waals surface area (Å²) in [6, 6.07) is 0. The molecule has 1 saturated heterocycles. The van der Waals surface area contributed by atoms with Gasteiger partial charge in [0.2, 0.25) is 0 Å². The fraction of sp³-hybridized carbons (Fsp3) is 0.600. The second kappa shape index (κ2) is 4.19. The van der Waals surface area contributed by atoms with E-state index in [4.69, 9.17) is 4.74 Å². The maximum Gasteiger partial charge on any atom is 0.168 e. The van der Waals surface area contributed by atoms with Crippen LogP contribution in [0, 0.1) is 6.92 Å². The lowest BCUT2D eigenvalue weighted by Gasteiger charge is -2.05. The topological polar surface area (TPSA) is 39.2 Å². The molecule has 14 heavy (non-hydrogen) atoms. The summed E-state index contributed by atoms with van der Waals surface area (Å²) in [5, 5.41) is 2.88. The molecule has 1 aliphatic heterocycles. The Morgan fingerprint density at radius 3 is 3.21 bits per heavy atom. The van der Waals surface area contributed by atoms with Crippen LogP contribution in [-0.2, 0) is 16.0 Å². The third-order valence-corrected chi connectivity index (χ3v) is 3.25. The maximum atomic E-state index is 11.7. The molecule has 0 bridgehead atoms. The number of thiazole rings is 1. The first-order valence-corrected chi connectivity index (χ1v) is 5.69.